The van der Waals surface area contributed by atoms with Crippen LogP contribution in [0.3, 0.4) is 0 Å². The second-order valence-corrected chi connectivity index (χ2v) is 6.38. The SMILES string of the molecule is COCCC1CSC(NC2CCCCCCC2)=N1. The first kappa shape index (κ1) is 14.2. The van der Waals surface area contributed by atoms with Gasteiger partial charge < -0.3 is 10.1 Å². The van der Waals surface area contributed by atoms with Crippen molar-refractivity contribution in [2.45, 2.75) is 63.5 Å². The van der Waals surface area contributed by atoms with Crippen molar-refractivity contribution in [2.24, 2.45) is 4.99 Å². The van der Waals surface area contributed by atoms with Gasteiger partial charge in [0.1, 0.15) is 0 Å². The van der Waals surface area contributed by atoms with E-state index in [1.807, 2.05) is 11.8 Å². The number of thioether (sulfide) groups is 1. The molecular weight excluding hydrogens is 244 g/mol. The summed E-state index contributed by atoms with van der Waals surface area (Å²) >= 11 is 1.89. The van der Waals surface area contributed by atoms with E-state index in [-0.39, 0.29) is 0 Å². The Morgan fingerprint density at radius 3 is 2.67 bits per heavy atom. The van der Waals surface area contributed by atoms with Crippen molar-refractivity contribution in [3.8, 4) is 0 Å². The quantitative estimate of drug-likeness (QED) is 0.851. The molecular formula is C14H26N2OS. The maximum absolute atomic E-state index is 5.12. The van der Waals surface area contributed by atoms with Crippen LogP contribution in [0.1, 0.15) is 51.4 Å². The molecule has 0 saturated heterocycles. The summed E-state index contributed by atoms with van der Waals surface area (Å²) < 4.78 is 5.12. The molecule has 0 aromatic rings. The summed E-state index contributed by atoms with van der Waals surface area (Å²) in [5.74, 6) is 1.12. The van der Waals surface area contributed by atoms with Gasteiger partial charge in [-0.3, -0.25) is 4.99 Å². The average molecular weight is 270 g/mol. The molecule has 0 aromatic carbocycles. The van der Waals surface area contributed by atoms with Gasteiger partial charge in [0.05, 0.1) is 6.04 Å². The highest BCUT2D eigenvalue weighted by Gasteiger charge is 2.20. The molecule has 2 aliphatic rings. The van der Waals surface area contributed by atoms with Gasteiger partial charge in [0, 0.05) is 25.5 Å². The molecule has 1 atom stereocenters. The number of ether oxygens (including phenoxy) is 1. The van der Waals surface area contributed by atoms with E-state index in [2.05, 4.69) is 5.32 Å². The van der Waals surface area contributed by atoms with Crippen molar-refractivity contribution in [3.05, 3.63) is 0 Å². The van der Waals surface area contributed by atoms with E-state index >= 15 is 0 Å². The zero-order chi connectivity index (χ0) is 12.6. The van der Waals surface area contributed by atoms with Gasteiger partial charge in [-0.1, -0.05) is 43.9 Å². The molecule has 0 aromatic heterocycles. The minimum atomic E-state index is 0.464. The monoisotopic (exact) mass is 270 g/mol. The zero-order valence-electron chi connectivity index (χ0n) is 11.5. The van der Waals surface area contributed by atoms with Gasteiger partial charge in [-0.05, 0) is 19.3 Å². The molecule has 3 nitrogen and oxygen atoms in total. The van der Waals surface area contributed by atoms with Gasteiger partial charge in [0.15, 0.2) is 5.17 Å². The van der Waals surface area contributed by atoms with Gasteiger partial charge in [0.2, 0.25) is 0 Å². The van der Waals surface area contributed by atoms with Crippen LogP contribution in [-0.2, 0) is 4.74 Å². The van der Waals surface area contributed by atoms with Crippen LogP contribution in [0.2, 0.25) is 0 Å². The van der Waals surface area contributed by atoms with Gasteiger partial charge in [0.25, 0.3) is 0 Å². The fourth-order valence-electron chi connectivity index (χ4n) is 2.67. The van der Waals surface area contributed by atoms with Gasteiger partial charge in [-0.25, -0.2) is 0 Å². The fourth-order valence-corrected chi connectivity index (χ4v) is 3.74. The minimum absolute atomic E-state index is 0.464. The van der Waals surface area contributed by atoms with E-state index in [1.165, 1.54) is 50.1 Å². The number of rotatable bonds is 4. The van der Waals surface area contributed by atoms with Crippen LogP contribution in [0.5, 0.6) is 0 Å². The molecule has 0 bridgehead atoms. The summed E-state index contributed by atoms with van der Waals surface area (Å²) in [6.07, 6.45) is 10.7. The van der Waals surface area contributed by atoms with Crippen molar-refractivity contribution in [2.75, 3.05) is 19.5 Å². The highest BCUT2D eigenvalue weighted by molar-refractivity contribution is 8.14. The largest absolute Gasteiger partial charge is 0.385 e. The Bertz CT molecular complexity index is 263. The van der Waals surface area contributed by atoms with E-state index in [0.717, 1.165) is 18.8 Å². The zero-order valence-corrected chi connectivity index (χ0v) is 12.3. The van der Waals surface area contributed by atoms with Crippen LogP contribution in [0, 0.1) is 0 Å². The fraction of sp³-hybridized carbons (Fsp3) is 0.929. The molecule has 1 N–H and O–H groups in total. The van der Waals surface area contributed by atoms with Crippen molar-refractivity contribution in [1.82, 2.24) is 5.32 Å². The molecule has 18 heavy (non-hydrogen) atoms. The number of aliphatic imine (C=N–C) groups is 1. The van der Waals surface area contributed by atoms with E-state index in [9.17, 15) is 0 Å². The molecule has 1 aliphatic carbocycles. The normalized spacial score (nSPS) is 26.5. The lowest BCUT2D eigenvalue weighted by Crippen LogP contribution is -2.33. The summed E-state index contributed by atoms with van der Waals surface area (Å²) in [5, 5.41) is 4.85. The Labute approximate surface area is 115 Å². The van der Waals surface area contributed by atoms with Gasteiger partial charge in [-0.15, -0.1) is 0 Å². The molecule has 1 unspecified atom stereocenters. The summed E-state index contributed by atoms with van der Waals surface area (Å²) in [6.45, 7) is 0.825. The molecule has 2 rings (SSSR count). The number of methoxy groups -OCH3 is 1. The number of nitrogens with zero attached hydrogens (tertiary/aromatic N) is 1. The van der Waals surface area contributed by atoms with Gasteiger partial charge >= 0.3 is 0 Å². The second-order valence-electron chi connectivity index (χ2n) is 5.37. The van der Waals surface area contributed by atoms with E-state index in [4.69, 9.17) is 9.73 Å². The van der Waals surface area contributed by atoms with Crippen LogP contribution >= 0.6 is 11.8 Å². The predicted molar refractivity (Wildman–Crippen MR) is 79.4 cm³/mol. The van der Waals surface area contributed by atoms with Crippen molar-refractivity contribution < 1.29 is 4.74 Å². The maximum atomic E-state index is 5.12. The predicted octanol–water partition coefficient (Wildman–Crippen LogP) is 3.20. The Kier molecular flexibility index (Phi) is 6.35. The van der Waals surface area contributed by atoms with Crippen molar-refractivity contribution in [1.29, 1.82) is 0 Å². The van der Waals surface area contributed by atoms with Crippen molar-refractivity contribution in [3.63, 3.8) is 0 Å². The smallest absolute Gasteiger partial charge is 0.157 e. The third-order valence-electron chi connectivity index (χ3n) is 3.80. The number of amidine groups is 1. The summed E-state index contributed by atoms with van der Waals surface area (Å²) in [4.78, 5) is 4.76. The van der Waals surface area contributed by atoms with E-state index < -0.39 is 0 Å². The Balaban J connectivity index is 1.74. The lowest BCUT2D eigenvalue weighted by molar-refractivity contribution is 0.190. The minimum Gasteiger partial charge on any atom is -0.385 e. The average Bonchev–Trinajstić information content (AvgIpc) is 2.77. The van der Waals surface area contributed by atoms with Crippen molar-refractivity contribution >= 4 is 16.9 Å². The third kappa shape index (κ3) is 4.81. The lowest BCUT2D eigenvalue weighted by atomic mass is 9.97. The van der Waals surface area contributed by atoms with Gasteiger partial charge in [-0.2, -0.15) is 0 Å². The molecule has 104 valence electrons. The molecule has 4 heteroatoms. The first-order valence-corrected chi connectivity index (χ1v) is 8.33. The number of hydrogen-bond acceptors (Lipinski definition) is 4. The molecule has 1 heterocycles. The first-order chi connectivity index (χ1) is 8.88. The summed E-state index contributed by atoms with van der Waals surface area (Å²) in [5.41, 5.74) is 0. The molecule has 0 amide bonds. The first-order valence-electron chi connectivity index (χ1n) is 7.34. The van der Waals surface area contributed by atoms with Crippen LogP contribution in [0.15, 0.2) is 4.99 Å². The molecule has 0 radical (unpaired) electrons. The van der Waals surface area contributed by atoms with E-state index in [0.29, 0.717) is 12.1 Å². The lowest BCUT2D eigenvalue weighted by Gasteiger charge is -2.21. The highest BCUT2D eigenvalue weighted by atomic mass is 32.2. The van der Waals surface area contributed by atoms with Crippen LogP contribution in [0.25, 0.3) is 0 Å². The van der Waals surface area contributed by atoms with Crippen LogP contribution < -0.4 is 5.32 Å². The number of nitrogens with one attached hydrogen (secondary N) is 1. The molecule has 0 spiro atoms. The Morgan fingerprint density at radius 1 is 1.22 bits per heavy atom. The molecule has 1 fully saturated rings. The maximum Gasteiger partial charge on any atom is 0.157 e. The standard InChI is InChI=1S/C14H26N2OS/c1-17-10-9-13-11-18-14(16-13)15-12-7-5-3-2-4-6-8-12/h12-13H,2-11H2,1H3,(H,15,16). The van der Waals surface area contributed by atoms with Crippen LogP contribution in [-0.4, -0.2) is 36.7 Å². The molecule has 1 aliphatic heterocycles. The second kappa shape index (κ2) is 8.05. The Morgan fingerprint density at radius 2 is 1.94 bits per heavy atom. The third-order valence-corrected chi connectivity index (χ3v) is 4.85. The number of hydrogen-bond donors (Lipinski definition) is 1. The topological polar surface area (TPSA) is 33.6 Å². The molecule has 1 saturated carbocycles. The Hall–Kier alpha value is -0.220. The van der Waals surface area contributed by atoms with Crippen LogP contribution in [0.4, 0.5) is 0 Å². The highest BCUT2D eigenvalue weighted by Crippen LogP contribution is 2.22. The summed E-state index contributed by atoms with van der Waals surface area (Å²) in [7, 11) is 1.76. The van der Waals surface area contributed by atoms with E-state index in [1.54, 1.807) is 7.11 Å². The summed E-state index contributed by atoms with van der Waals surface area (Å²) in [6, 6.07) is 1.13.